The highest BCUT2D eigenvalue weighted by atomic mass is 32.1. The number of hydrogen-bond acceptors (Lipinski definition) is 5. The van der Waals surface area contributed by atoms with E-state index < -0.39 is 0 Å². The molecule has 0 bridgehead atoms. The fraction of sp³-hybridized carbons (Fsp3) is 0. The summed E-state index contributed by atoms with van der Waals surface area (Å²) in [5.74, 6) is 0.392. The minimum Gasteiger partial charge on any atom is -0.409 e. The number of hydrogen-bond donors (Lipinski definition) is 4. The number of nitrogens with zero attached hydrogens (tertiary/aromatic N) is 1. The number of hydrazine groups is 1. The maximum absolute atomic E-state index is 5.33. The molecule has 0 saturated carbocycles. The molecule has 0 atom stereocenters. The van der Waals surface area contributed by atoms with Gasteiger partial charge in [0.25, 0.3) is 4.84 Å². The Morgan fingerprint density at radius 1 is 1.41 bits per heavy atom. The van der Waals surface area contributed by atoms with Crippen molar-refractivity contribution in [2.24, 2.45) is 5.73 Å². The van der Waals surface area contributed by atoms with Gasteiger partial charge in [-0.2, -0.15) is 0 Å². The molecule has 5 N–H and O–H groups in total. The third-order valence-corrected chi connectivity index (χ3v) is 2.19. The first-order valence-corrected chi connectivity index (χ1v) is 5.45. The second kappa shape index (κ2) is 4.93. The highest BCUT2D eigenvalue weighted by Crippen LogP contribution is 2.25. The first kappa shape index (κ1) is 11.6. The lowest BCUT2D eigenvalue weighted by atomic mass is 10.2. The first-order chi connectivity index (χ1) is 8.16. The molecule has 0 amide bonds. The zero-order valence-electron chi connectivity index (χ0n) is 8.56. The summed E-state index contributed by atoms with van der Waals surface area (Å²) >= 11 is 9.52. The summed E-state index contributed by atoms with van der Waals surface area (Å²) in [5, 5.41) is 6.65. The highest BCUT2D eigenvalue weighted by molar-refractivity contribution is 7.80. The summed E-state index contributed by atoms with van der Waals surface area (Å²) < 4.78 is 5.23. The number of anilines is 1. The molecule has 88 valence electrons. The predicted molar refractivity (Wildman–Crippen MR) is 70.7 cm³/mol. The molecule has 1 heterocycles. The van der Waals surface area contributed by atoms with Crippen molar-refractivity contribution in [3.05, 3.63) is 29.1 Å². The number of nitrogens with two attached hydrogens (primary N) is 1. The zero-order valence-corrected chi connectivity index (χ0v) is 10.2. The summed E-state index contributed by atoms with van der Waals surface area (Å²) in [5.41, 5.74) is 12.3. The normalized spacial score (nSPS) is 9.88. The van der Waals surface area contributed by atoms with Gasteiger partial charge in [-0.15, -0.1) is 5.10 Å². The van der Waals surface area contributed by atoms with Gasteiger partial charge in [0.05, 0.1) is 11.3 Å². The lowest BCUT2D eigenvalue weighted by Gasteiger charge is -2.10. The Kier molecular flexibility index (Phi) is 3.35. The monoisotopic (exact) mass is 267 g/mol. The van der Waals surface area contributed by atoms with Crippen LogP contribution in [0, 0.1) is 4.84 Å². The SMILES string of the molecule is NC(=S)NNc1ccccc1-c1n[nH]c(=S)o1. The third kappa shape index (κ3) is 2.80. The lowest BCUT2D eigenvalue weighted by Crippen LogP contribution is -2.34. The second-order valence-electron chi connectivity index (χ2n) is 3.08. The molecule has 6 nitrogen and oxygen atoms in total. The minimum atomic E-state index is 0.141. The Morgan fingerprint density at radius 2 is 2.18 bits per heavy atom. The average Bonchev–Trinajstić information content (AvgIpc) is 2.73. The molecule has 2 rings (SSSR count). The number of aromatic amines is 1. The molecule has 0 spiro atoms. The van der Waals surface area contributed by atoms with Crippen LogP contribution in [-0.4, -0.2) is 15.3 Å². The van der Waals surface area contributed by atoms with Gasteiger partial charge in [0.2, 0.25) is 5.89 Å². The molecule has 0 aliphatic rings. The van der Waals surface area contributed by atoms with Crippen LogP contribution in [0.3, 0.4) is 0 Å². The quantitative estimate of drug-likeness (QED) is 0.495. The van der Waals surface area contributed by atoms with Gasteiger partial charge in [-0.05, 0) is 36.6 Å². The molecular formula is C9H9N5OS2. The van der Waals surface area contributed by atoms with E-state index >= 15 is 0 Å². The average molecular weight is 267 g/mol. The molecule has 0 aliphatic heterocycles. The van der Waals surface area contributed by atoms with Gasteiger partial charge in [0.1, 0.15) is 0 Å². The molecule has 0 radical (unpaired) electrons. The summed E-state index contributed by atoms with van der Waals surface area (Å²) in [6, 6.07) is 7.37. The van der Waals surface area contributed by atoms with Gasteiger partial charge >= 0.3 is 0 Å². The Bertz CT molecular complexity index is 591. The van der Waals surface area contributed by atoms with E-state index in [0.29, 0.717) is 5.89 Å². The van der Waals surface area contributed by atoms with E-state index in [9.17, 15) is 0 Å². The maximum atomic E-state index is 5.33. The minimum absolute atomic E-state index is 0.141. The van der Waals surface area contributed by atoms with E-state index in [2.05, 4.69) is 21.0 Å². The van der Waals surface area contributed by atoms with Crippen LogP contribution in [0.25, 0.3) is 11.5 Å². The van der Waals surface area contributed by atoms with E-state index in [-0.39, 0.29) is 9.95 Å². The van der Waals surface area contributed by atoms with Crippen LogP contribution in [-0.2, 0) is 0 Å². The van der Waals surface area contributed by atoms with Gasteiger partial charge in [0.15, 0.2) is 5.11 Å². The first-order valence-electron chi connectivity index (χ1n) is 4.63. The van der Waals surface area contributed by atoms with Crippen molar-refractivity contribution >= 4 is 35.2 Å². The lowest BCUT2D eigenvalue weighted by molar-refractivity contribution is 0.552. The fourth-order valence-corrected chi connectivity index (χ4v) is 1.43. The van der Waals surface area contributed by atoms with Crippen LogP contribution in [0.1, 0.15) is 0 Å². The van der Waals surface area contributed by atoms with Crippen molar-refractivity contribution in [1.82, 2.24) is 15.6 Å². The molecule has 17 heavy (non-hydrogen) atoms. The van der Waals surface area contributed by atoms with Crippen LogP contribution < -0.4 is 16.6 Å². The number of benzene rings is 1. The molecule has 1 aromatic carbocycles. The molecule has 2 aromatic rings. The van der Waals surface area contributed by atoms with Gasteiger partial charge in [0, 0.05) is 0 Å². The van der Waals surface area contributed by atoms with Crippen LogP contribution in [0.2, 0.25) is 0 Å². The topological polar surface area (TPSA) is 91.9 Å². The molecular weight excluding hydrogens is 258 g/mol. The molecule has 0 aliphatic carbocycles. The molecule has 8 heteroatoms. The Balaban J connectivity index is 2.33. The summed E-state index contributed by atoms with van der Waals surface area (Å²) in [4.78, 5) is 0.220. The zero-order chi connectivity index (χ0) is 12.3. The molecule has 0 saturated heterocycles. The highest BCUT2D eigenvalue weighted by Gasteiger charge is 2.09. The maximum Gasteiger partial charge on any atom is 0.284 e. The second-order valence-corrected chi connectivity index (χ2v) is 3.89. The molecule has 0 fully saturated rings. The van der Waals surface area contributed by atoms with Crippen LogP contribution in [0.5, 0.6) is 0 Å². The summed E-state index contributed by atoms with van der Waals surface area (Å²) in [6.07, 6.45) is 0. The van der Waals surface area contributed by atoms with E-state index in [0.717, 1.165) is 11.3 Å². The van der Waals surface area contributed by atoms with E-state index in [4.69, 9.17) is 34.6 Å². The number of aromatic nitrogens is 2. The number of rotatable bonds is 3. The van der Waals surface area contributed by atoms with Crippen molar-refractivity contribution < 1.29 is 4.42 Å². The Hall–Kier alpha value is -1.93. The third-order valence-electron chi connectivity index (χ3n) is 1.92. The van der Waals surface area contributed by atoms with E-state index in [1.54, 1.807) is 0 Å². The Labute approximate surface area is 107 Å². The van der Waals surface area contributed by atoms with Gasteiger partial charge < -0.3 is 10.2 Å². The van der Waals surface area contributed by atoms with Gasteiger partial charge in [-0.25, -0.2) is 5.10 Å². The van der Waals surface area contributed by atoms with Gasteiger partial charge in [-0.3, -0.25) is 10.9 Å². The van der Waals surface area contributed by atoms with Crippen molar-refractivity contribution in [3.8, 4) is 11.5 Å². The van der Waals surface area contributed by atoms with Crippen molar-refractivity contribution in [2.75, 3.05) is 5.43 Å². The summed E-state index contributed by atoms with van der Waals surface area (Å²) in [7, 11) is 0. The number of thiocarbonyl (C=S) groups is 1. The van der Waals surface area contributed by atoms with Crippen molar-refractivity contribution in [1.29, 1.82) is 0 Å². The standard InChI is InChI=1S/C9H9N5OS2/c10-8(16)13-11-6-4-2-1-3-5(6)7-12-14-9(17)15-7/h1-4,11H,(H,14,17)(H3,10,13,16). The molecule has 1 aromatic heterocycles. The predicted octanol–water partition coefficient (Wildman–Crippen LogP) is 1.56. The molecule has 0 unspecified atom stereocenters. The van der Waals surface area contributed by atoms with Crippen LogP contribution >= 0.6 is 24.4 Å². The smallest absolute Gasteiger partial charge is 0.284 e. The fourth-order valence-electron chi connectivity index (χ4n) is 1.25. The van der Waals surface area contributed by atoms with E-state index in [1.165, 1.54) is 0 Å². The van der Waals surface area contributed by atoms with E-state index in [1.807, 2.05) is 24.3 Å². The van der Waals surface area contributed by atoms with Crippen molar-refractivity contribution in [3.63, 3.8) is 0 Å². The largest absolute Gasteiger partial charge is 0.409 e. The number of H-pyrrole nitrogens is 1. The number of para-hydroxylation sites is 1. The van der Waals surface area contributed by atoms with Crippen molar-refractivity contribution in [2.45, 2.75) is 0 Å². The van der Waals surface area contributed by atoms with Crippen LogP contribution in [0.15, 0.2) is 28.7 Å². The summed E-state index contributed by atoms with van der Waals surface area (Å²) in [6.45, 7) is 0. The van der Waals surface area contributed by atoms with Crippen LogP contribution in [0.4, 0.5) is 5.69 Å². The van der Waals surface area contributed by atoms with Gasteiger partial charge in [-0.1, -0.05) is 12.1 Å². The Morgan fingerprint density at radius 3 is 2.82 bits per heavy atom. The number of nitrogens with one attached hydrogen (secondary N) is 3.